The molecule has 0 aliphatic carbocycles. The van der Waals surface area contributed by atoms with E-state index in [2.05, 4.69) is 0 Å². The average Bonchev–Trinajstić information content (AvgIpc) is 2.66. The van der Waals surface area contributed by atoms with E-state index in [1.165, 1.54) is 0 Å². The first-order valence-electron chi connectivity index (χ1n) is 8.80. The van der Waals surface area contributed by atoms with Crippen LogP contribution in [0.1, 0.15) is 16.7 Å². The number of rotatable bonds is 5. The summed E-state index contributed by atoms with van der Waals surface area (Å²) < 4.78 is 10.8. The molecule has 1 atom stereocenters. The van der Waals surface area contributed by atoms with Crippen molar-refractivity contribution in [1.29, 1.82) is 0 Å². The molecule has 0 aromatic heterocycles. The molecule has 1 heterocycles. The van der Waals surface area contributed by atoms with Crippen LogP contribution in [0.3, 0.4) is 0 Å². The largest absolute Gasteiger partial charge is 0.492 e. The SMILES string of the molecule is Cc1ccccc1CN(C)C(=O)COC(=O)[C@@H]1COc2ccc(Cl)cc2C1. The van der Waals surface area contributed by atoms with Gasteiger partial charge in [-0.1, -0.05) is 35.9 Å². The lowest BCUT2D eigenvalue weighted by molar-refractivity contribution is -0.156. The van der Waals surface area contributed by atoms with Gasteiger partial charge in [0.2, 0.25) is 0 Å². The Bertz CT molecular complexity index is 852. The molecule has 0 saturated carbocycles. The topological polar surface area (TPSA) is 55.8 Å². The number of halogens is 1. The standard InChI is InChI=1S/C21H22ClNO4/c1-14-5-3-4-6-15(14)11-23(2)20(24)13-27-21(25)17-9-16-10-18(22)7-8-19(16)26-12-17/h3-8,10,17H,9,11-13H2,1-2H3/t17-/m0/s1. The molecule has 0 spiro atoms. The van der Waals surface area contributed by atoms with Gasteiger partial charge in [0.15, 0.2) is 6.61 Å². The molecule has 6 heteroatoms. The molecule has 0 bridgehead atoms. The van der Waals surface area contributed by atoms with E-state index in [4.69, 9.17) is 21.1 Å². The van der Waals surface area contributed by atoms with Crippen molar-refractivity contribution in [1.82, 2.24) is 4.90 Å². The third-order valence-corrected chi connectivity index (χ3v) is 4.93. The van der Waals surface area contributed by atoms with Crippen LogP contribution in [-0.4, -0.2) is 37.0 Å². The number of benzene rings is 2. The van der Waals surface area contributed by atoms with Gasteiger partial charge in [0.1, 0.15) is 12.4 Å². The highest BCUT2D eigenvalue weighted by Crippen LogP contribution is 2.30. The molecule has 1 aliphatic heterocycles. The van der Waals surface area contributed by atoms with Crippen LogP contribution in [0, 0.1) is 12.8 Å². The van der Waals surface area contributed by atoms with Crippen molar-refractivity contribution in [3.63, 3.8) is 0 Å². The number of ether oxygens (including phenoxy) is 2. The van der Waals surface area contributed by atoms with Crippen molar-refractivity contribution in [2.75, 3.05) is 20.3 Å². The predicted molar refractivity (Wildman–Crippen MR) is 103 cm³/mol. The highest BCUT2D eigenvalue weighted by atomic mass is 35.5. The maximum absolute atomic E-state index is 12.3. The van der Waals surface area contributed by atoms with Gasteiger partial charge in [0.25, 0.3) is 5.91 Å². The fourth-order valence-electron chi connectivity index (χ4n) is 3.01. The molecule has 1 amide bonds. The molecule has 2 aromatic rings. The smallest absolute Gasteiger partial charge is 0.313 e. The normalized spacial score (nSPS) is 15.4. The van der Waals surface area contributed by atoms with Gasteiger partial charge >= 0.3 is 5.97 Å². The third kappa shape index (κ3) is 4.80. The van der Waals surface area contributed by atoms with Gasteiger partial charge in [-0.25, -0.2) is 0 Å². The van der Waals surface area contributed by atoms with Crippen LogP contribution in [-0.2, 0) is 27.3 Å². The molecular formula is C21H22ClNO4. The second-order valence-corrected chi connectivity index (χ2v) is 7.18. The fourth-order valence-corrected chi connectivity index (χ4v) is 3.20. The van der Waals surface area contributed by atoms with Gasteiger partial charge in [-0.15, -0.1) is 0 Å². The average molecular weight is 388 g/mol. The third-order valence-electron chi connectivity index (χ3n) is 4.69. The van der Waals surface area contributed by atoms with E-state index in [1.54, 1.807) is 30.1 Å². The summed E-state index contributed by atoms with van der Waals surface area (Å²) >= 11 is 6.00. The van der Waals surface area contributed by atoms with Crippen molar-refractivity contribution in [3.05, 3.63) is 64.2 Å². The number of hydrogen-bond donors (Lipinski definition) is 0. The number of aryl methyl sites for hydroxylation is 1. The Morgan fingerprint density at radius 2 is 2.04 bits per heavy atom. The maximum atomic E-state index is 12.3. The zero-order chi connectivity index (χ0) is 19.4. The monoisotopic (exact) mass is 387 g/mol. The van der Waals surface area contributed by atoms with Crippen LogP contribution in [0.4, 0.5) is 0 Å². The second-order valence-electron chi connectivity index (χ2n) is 6.75. The van der Waals surface area contributed by atoms with E-state index in [0.29, 0.717) is 18.0 Å². The summed E-state index contributed by atoms with van der Waals surface area (Å²) in [5.41, 5.74) is 3.05. The molecule has 1 aliphatic rings. The van der Waals surface area contributed by atoms with Gasteiger partial charge in [-0.3, -0.25) is 9.59 Å². The number of nitrogens with zero attached hydrogens (tertiary/aromatic N) is 1. The van der Waals surface area contributed by atoms with Crippen molar-refractivity contribution in [2.24, 2.45) is 5.92 Å². The van der Waals surface area contributed by atoms with Crippen molar-refractivity contribution in [3.8, 4) is 5.75 Å². The summed E-state index contributed by atoms with van der Waals surface area (Å²) in [6.45, 7) is 2.43. The second kappa shape index (κ2) is 8.44. The maximum Gasteiger partial charge on any atom is 0.313 e. The Morgan fingerprint density at radius 1 is 1.26 bits per heavy atom. The van der Waals surface area contributed by atoms with E-state index in [0.717, 1.165) is 22.4 Å². The lowest BCUT2D eigenvalue weighted by atomic mass is 9.97. The molecule has 0 N–H and O–H groups in total. The number of fused-ring (bicyclic) bond motifs is 1. The van der Waals surface area contributed by atoms with Gasteiger partial charge in [-0.05, 0) is 48.2 Å². The number of likely N-dealkylation sites (N-methyl/N-ethyl adjacent to an activating group) is 1. The van der Waals surface area contributed by atoms with Gasteiger partial charge in [0, 0.05) is 18.6 Å². The number of carbonyl (C=O) groups is 2. The predicted octanol–water partition coefficient (Wildman–Crippen LogP) is 3.40. The summed E-state index contributed by atoms with van der Waals surface area (Å²) in [5.74, 6) is -0.382. The molecule has 0 fully saturated rings. The highest BCUT2D eigenvalue weighted by Gasteiger charge is 2.28. The molecule has 5 nitrogen and oxygen atoms in total. The van der Waals surface area contributed by atoms with Crippen LogP contribution < -0.4 is 4.74 Å². The van der Waals surface area contributed by atoms with Crippen LogP contribution >= 0.6 is 11.6 Å². The quantitative estimate of drug-likeness (QED) is 0.738. The molecule has 2 aromatic carbocycles. The Hall–Kier alpha value is -2.53. The molecule has 0 radical (unpaired) electrons. The number of carbonyl (C=O) groups excluding carboxylic acids is 2. The number of esters is 1. The minimum atomic E-state index is -0.439. The van der Waals surface area contributed by atoms with E-state index >= 15 is 0 Å². The van der Waals surface area contributed by atoms with E-state index in [1.807, 2.05) is 31.2 Å². The molecule has 0 saturated heterocycles. The lowest BCUT2D eigenvalue weighted by Crippen LogP contribution is -2.34. The van der Waals surface area contributed by atoms with Gasteiger partial charge < -0.3 is 14.4 Å². The Balaban J connectivity index is 1.51. The Kier molecular flexibility index (Phi) is 6.01. The minimum absolute atomic E-state index is 0.237. The van der Waals surface area contributed by atoms with E-state index in [9.17, 15) is 9.59 Å². The van der Waals surface area contributed by atoms with Gasteiger partial charge in [-0.2, -0.15) is 0 Å². The van der Waals surface area contributed by atoms with Crippen LogP contribution in [0.25, 0.3) is 0 Å². The molecular weight excluding hydrogens is 366 g/mol. The van der Waals surface area contributed by atoms with Crippen molar-refractivity contribution < 1.29 is 19.1 Å². The van der Waals surface area contributed by atoms with E-state index < -0.39 is 11.9 Å². The van der Waals surface area contributed by atoms with Gasteiger partial charge in [0.05, 0.1) is 5.92 Å². The molecule has 142 valence electrons. The summed E-state index contributed by atoms with van der Waals surface area (Å²) in [6, 6.07) is 13.2. The first kappa shape index (κ1) is 19.2. The minimum Gasteiger partial charge on any atom is -0.492 e. The summed E-state index contributed by atoms with van der Waals surface area (Å²) in [6.07, 6.45) is 0.488. The Labute approximate surface area is 163 Å². The first-order valence-corrected chi connectivity index (χ1v) is 9.18. The zero-order valence-electron chi connectivity index (χ0n) is 15.4. The first-order chi connectivity index (χ1) is 12.9. The van der Waals surface area contributed by atoms with E-state index in [-0.39, 0.29) is 19.1 Å². The van der Waals surface area contributed by atoms with Crippen LogP contribution in [0.2, 0.25) is 5.02 Å². The Morgan fingerprint density at radius 3 is 2.81 bits per heavy atom. The lowest BCUT2D eigenvalue weighted by Gasteiger charge is -2.24. The van der Waals surface area contributed by atoms with Crippen molar-refractivity contribution >= 4 is 23.5 Å². The summed E-state index contributed by atoms with van der Waals surface area (Å²) in [7, 11) is 1.70. The number of hydrogen-bond acceptors (Lipinski definition) is 4. The summed E-state index contributed by atoms with van der Waals surface area (Å²) in [4.78, 5) is 26.2. The van der Waals surface area contributed by atoms with Crippen LogP contribution in [0.15, 0.2) is 42.5 Å². The molecule has 27 heavy (non-hydrogen) atoms. The van der Waals surface area contributed by atoms with Crippen LogP contribution in [0.5, 0.6) is 5.75 Å². The zero-order valence-corrected chi connectivity index (χ0v) is 16.2. The van der Waals surface area contributed by atoms with Crippen molar-refractivity contribution in [2.45, 2.75) is 19.9 Å². The molecule has 0 unspecified atom stereocenters. The highest BCUT2D eigenvalue weighted by molar-refractivity contribution is 6.30. The summed E-state index contributed by atoms with van der Waals surface area (Å²) in [5, 5.41) is 0.597. The fraction of sp³-hybridized carbons (Fsp3) is 0.333. The molecule has 3 rings (SSSR count). The number of amides is 1.